The summed E-state index contributed by atoms with van der Waals surface area (Å²) in [7, 11) is 0. The van der Waals surface area contributed by atoms with Gasteiger partial charge in [-0.15, -0.1) is 0 Å². The van der Waals surface area contributed by atoms with E-state index >= 15 is 0 Å². The summed E-state index contributed by atoms with van der Waals surface area (Å²) in [6.45, 7) is 28.7. The largest absolute Gasteiger partial charge is 0.0961 e. The maximum atomic E-state index is 3.90. The predicted octanol–water partition coefficient (Wildman–Crippen LogP) is 13.5. The molecular formula is C40H64. The van der Waals surface area contributed by atoms with Gasteiger partial charge in [-0.3, -0.25) is 0 Å². The van der Waals surface area contributed by atoms with Gasteiger partial charge in [-0.1, -0.05) is 135 Å². The summed E-state index contributed by atoms with van der Waals surface area (Å²) in [6, 6.07) is 0. The molecule has 0 heterocycles. The first kappa shape index (κ1) is 37.7. The van der Waals surface area contributed by atoms with Crippen molar-refractivity contribution in [1.82, 2.24) is 0 Å². The fourth-order valence-electron chi connectivity index (χ4n) is 5.74. The van der Waals surface area contributed by atoms with Crippen LogP contribution in [0.4, 0.5) is 0 Å². The average molecular weight is 545 g/mol. The van der Waals surface area contributed by atoms with Gasteiger partial charge in [0.05, 0.1) is 0 Å². The Hall–Kier alpha value is -2.34. The highest BCUT2D eigenvalue weighted by molar-refractivity contribution is 5.35. The van der Waals surface area contributed by atoms with Gasteiger partial charge in [0.15, 0.2) is 0 Å². The SMILES string of the molecule is C.C=C(C)/C=C/C1=C(C)CCCC1(C)C.CC(C)=C/C=C/C=C(C)/C=C/C=C(\C)CCC1=C(C)CCCC1(C)C. The van der Waals surface area contributed by atoms with Gasteiger partial charge in [-0.05, 0) is 116 Å². The fraction of sp³-hybridized carbons (Fsp3) is 0.550. The first-order valence-corrected chi connectivity index (χ1v) is 15.2. The van der Waals surface area contributed by atoms with Crippen molar-refractivity contribution >= 4 is 0 Å². The zero-order valence-corrected chi connectivity index (χ0v) is 27.6. The van der Waals surface area contributed by atoms with E-state index in [1.54, 1.807) is 16.7 Å². The van der Waals surface area contributed by atoms with Gasteiger partial charge in [-0.25, -0.2) is 0 Å². The lowest BCUT2D eigenvalue weighted by atomic mass is 9.71. The standard InChI is InChI=1S/C25H38.C14H22.CH4/c1-20(2)12-8-9-13-21(3)14-10-15-22(4)17-18-24-23(5)16-11-19-25(24,6)7;1-11(2)8-9-13-12(3)7-6-10-14(13,4)5;/h8-10,12-15H,11,16-19H2,1-7H3;8-9H,1,6-7,10H2,2-5H3;1H4/b9-8+,14-10+,21-13+,22-15+;9-8+;. The number of hydrogen-bond acceptors (Lipinski definition) is 0. The lowest BCUT2D eigenvalue weighted by Crippen LogP contribution is -2.20. The Morgan fingerprint density at radius 2 is 1.32 bits per heavy atom. The van der Waals surface area contributed by atoms with Crippen LogP contribution in [0, 0.1) is 10.8 Å². The van der Waals surface area contributed by atoms with Crippen molar-refractivity contribution in [3.63, 3.8) is 0 Å². The smallest absolute Gasteiger partial charge is 0.0104 e. The van der Waals surface area contributed by atoms with Gasteiger partial charge in [0.1, 0.15) is 0 Å². The summed E-state index contributed by atoms with van der Waals surface area (Å²) in [5, 5.41) is 0. The maximum absolute atomic E-state index is 3.90. The molecular weight excluding hydrogens is 480 g/mol. The van der Waals surface area contributed by atoms with Crippen LogP contribution < -0.4 is 0 Å². The molecule has 0 fully saturated rings. The molecule has 0 spiro atoms. The van der Waals surface area contributed by atoms with E-state index in [1.165, 1.54) is 73.7 Å². The van der Waals surface area contributed by atoms with Crippen LogP contribution in [-0.4, -0.2) is 0 Å². The van der Waals surface area contributed by atoms with Gasteiger partial charge in [0.2, 0.25) is 0 Å². The molecule has 0 nitrogen and oxygen atoms in total. The second kappa shape index (κ2) is 18.2. The molecule has 0 amide bonds. The third kappa shape index (κ3) is 14.3. The van der Waals surface area contributed by atoms with Crippen LogP contribution in [0.3, 0.4) is 0 Å². The minimum atomic E-state index is 0. The van der Waals surface area contributed by atoms with Gasteiger partial charge in [-0.2, -0.15) is 0 Å². The van der Waals surface area contributed by atoms with E-state index in [0.717, 1.165) is 5.57 Å². The van der Waals surface area contributed by atoms with Crippen molar-refractivity contribution in [2.45, 2.75) is 135 Å². The first-order valence-electron chi connectivity index (χ1n) is 15.2. The zero-order valence-electron chi connectivity index (χ0n) is 27.6. The van der Waals surface area contributed by atoms with Crippen molar-refractivity contribution in [1.29, 1.82) is 0 Å². The summed E-state index contributed by atoms with van der Waals surface area (Å²) in [6.07, 6.45) is 29.8. The van der Waals surface area contributed by atoms with Crippen LogP contribution in [0.2, 0.25) is 0 Å². The monoisotopic (exact) mass is 545 g/mol. The Balaban J connectivity index is 0.000000860. The van der Waals surface area contributed by atoms with E-state index in [-0.39, 0.29) is 7.43 Å². The van der Waals surface area contributed by atoms with Gasteiger partial charge >= 0.3 is 0 Å². The first-order chi connectivity index (χ1) is 18.2. The third-order valence-electron chi connectivity index (χ3n) is 8.17. The van der Waals surface area contributed by atoms with Crippen molar-refractivity contribution in [2.75, 3.05) is 0 Å². The molecule has 0 N–H and O–H groups in total. The molecule has 224 valence electrons. The van der Waals surface area contributed by atoms with Crippen molar-refractivity contribution in [2.24, 2.45) is 10.8 Å². The molecule has 40 heavy (non-hydrogen) atoms. The molecule has 0 aliphatic heterocycles. The summed E-state index contributed by atoms with van der Waals surface area (Å²) in [5.41, 5.74) is 12.4. The summed E-state index contributed by atoms with van der Waals surface area (Å²) >= 11 is 0. The van der Waals surface area contributed by atoms with E-state index in [4.69, 9.17) is 0 Å². The molecule has 2 aliphatic carbocycles. The molecule has 0 saturated carbocycles. The highest BCUT2D eigenvalue weighted by Gasteiger charge is 2.28. The molecule has 0 radical (unpaired) electrons. The van der Waals surface area contributed by atoms with Crippen molar-refractivity contribution in [3.8, 4) is 0 Å². The molecule has 2 rings (SSSR count). The highest BCUT2D eigenvalue weighted by atomic mass is 14.3. The van der Waals surface area contributed by atoms with E-state index in [0.29, 0.717) is 10.8 Å². The van der Waals surface area contributed by atoms with Crippen LogP contribution >= 0.6 is 0 Å². The fourth-order valence-corrected chi connectivity index (χ4v) is 5.74. The normalized spacial score (nSPS) is 19.6. The Morgan fingerprint density at radius 1 is 0.750 bits per heavy atom. The van der Waals surface area contributed by atoms with Crippen molar-refractivity contribution < 1.29 is 0 Å². The van der Waals surface area contributed by atoms with Crippen molar-refractivity contribution in [3.05, 3.63) is 106 Å². The second-order valence-electron chi connectivity index (χ2n) is 13.5. The second-order valence-corrected chi connectivity index (χ2v) is 13.5. The molecule has 0 aromatic rings. The highest BCUT2D eigenvalue weighted by Crippen LogP contribution is 2.43. The van der Waals surface area contributed by atoms with E-state index in [9.17, 15) is 0 Å². The molecule has 0 aromatic carbocycles. The predicted molar refractivity (Wildman–Crippen MR) is 186 cm³/mol. The van der Waals surface area contributed by atoms with E-state index < -0.39 is 0 Å². The summed E-state index contributed by atoms with van der Waals surface area (Å²) < 4.78 is 0. The lowest BCUT2D eigenvalue weighted by molar-refractivity contribution is 0.354. The maximum Gasteiger partial charge on any atom is -0.0104 e. The van der Waals surface area contributed by atoms with Gasteiger partial charge in [0.25, 0.3) is 0 Å². The van der Waals surface area contributed by atoms with Crippen LogP contribution in [0.15, 0.2) is 106 Å². The van der Waals surface area contributed by atoms with Gasteiger partial charge in [0, 0.05) is 0 Å². The Morgan fingerprint density at radius 3 is 1.88 bits per heavy atom. The van der Waals surface area contributed by atoms with Crippen LogP contribution in [0.25, 0.3) is 0 Å². The zero-order chi connectivity index (χ0) is 29.6. The average Bonchev–Trinajstić information content (AvgIpc) is 2.80. The summed E-state index contributed by atoms with van der Waals surface area (Å²) in [5.74, 6) is 0. The quantitative estimate of drug-likeness (QED) is 0.200. The third-order valence-corrected chi connectivity index (χ3v) is 8.17. The summed E-state index contributed by atoms with van der Waals surface area (Å²) in [4.78, 5) is 0. The van der Waals surface area contributed by atoms with E-state index in [1.807, 2.05) is 6.92 Å². The molecule has 0 unspecified atom stereocenters. The van der Waals surface area contributed by atoms with Crippen LogP contribution in [0.1, 0.15) is 135 Å². The number of hydrogen-bond donors (Lipinski definition) is 0. The van der Waals surface area contributed by atoms with Crippen LogP contribution in [0.5, 0.6) is 0 Å². The minimum Gasteiger partial charge on any atom is -0.0961 e. The molecule has 0 bridgehead atoms. The Bertz CT molecular complexity index is 1060. The van der Waals surface area contributed by atoms with E-state index in [2.05, 4.69) is 131 Å². The number of rotatable bonds is 9. The van der Waals surface area contributed by atoms with Gasteiger partial charge < -0.3 is 0 Å². The van der Waals surface area contributed by atoms with Crippen LogP contribution in [-0.2, 0) is 0 Å². The molecule has 0 atom stereocenters. The molecule has 0 heteroatoms. The topological polar surface area (TPSA) is 0 Å². The molecule has 0 aromatic heterocycles. The lowest BCUT2D eigenvalue weighted by Gasteiger charge is -2.34. The Kier molecular flexibility index (Phi) is 17.1. The Labute approximate surface area is 251 Å². The minimum absolute atomic E-state index is 0. The molecule has 2 aliphatic rings. The number of allylic oxidation sites excluding steroid dienone is 17. The molecule has 0 saturated heterocycles.